The van der Waals surface area contributed by atoms with E-state index in [-0.39, 0.29) is 25.9 Å². The molecule has 0 saturated heterocycles. The molecule has 0 fully saturated rings. The molecule has 0 heterocycles. The van der Waals surface area contributed by atoms with Crippen molar-refractivity contribution in [3.05, 3.63) is 115 Å². The molecule has 0 spiro atoms. The van der Waals surface area contributed by atoms with Crippen molar-refractivity contribution in [1.82, 2.24) is 0 Å². The normalized spacial score (nSPS) is 10.6. The van der Waals surface area contributed by atoms with Crippen LogP contribution in [0.4, 0.5) is 0 Å². The van der Waals surface area contributed by atoms with Crippen molar-refractivity contribution in [2.45, 2.75) is 26.7 Å². The summed E-state index contributed by atoms with van der Waals surface area (Å²) < 4.78 is 21.7. The van der Waals surface area contributed by atoms with Crippen molar-refractivity contribution in [3.8, 4) is 28.0 Å². The number of carbonyl (C=O) groups is 2. The fourth-order valence-corrected chi connectivity index (χ4v) is 3.71. The van der Waals surface area contributed by atoms with Crippen LogP contribution in [0, 0.1) is 0 Å². The Hall–Kier alpha value is -4.42. The summed E-state index contributed by atoms with van der Waals surface area (Å²) in [6, 6.07) is 24.1. The van der Waals surface area contributed by atoms with Gasteiger partial charge in [0.1, 0.15) is 19.0 Å². The second kappa shape index (κ2) is 14.7. The Morgan fingerprint density at radius 3 is 1.45 bits per heavy atom. The van der Waals surface area contributed by atoms with Crippen molar-refractivity contribution >= 4 is 11.9 Å². The van der Waals surface area contributed by atoms with Crippen LogP contribution >= 0.6 is 0 Å². The quantitative estimate of drug-likeness (QED) is 0.0704. The van der Waals surface area contributed by atoms with Gasteiger partial charge in [0.15, 0.2) is 6.79 Å². The highest BCUT2D eigenvalue weighted by Gasteiger charge is 2.18. The van der Waals surface area contributed by atoms with Gasteiger partial charge in [-0.1, -0.05) is 86.0 Å². The van der Waals surface area contributed by atoms with E-state index < -0.39 is 11.9 Å². The minimum Gasteiger partial charge on any atom is -0.468 e. The Bertz CT molecular complexity index is 1300. The third-order valence-corrected chi connectivity index (χ3v) is 5.97. The molecule has 0 N–H and O–H groups in total. The average molecular weight is 541 g/mol. The lowest BCUT2D eigenvalue weighted by Gasteiger charge is -2.18. The van der Waals surface area contributed by atoms with Crippen LogP contribution in [0.25, 0.3) is 22.3 Å². The number of ether oxygens (including phenoxy) is 4. The Labute approximate surface area is 236 Å². The summed E-state index contributed by atoms with van der Waals surface area (Å²) in [5, 5.41) is 0. The molecule has 6 heteroatoms. The fraction of sp³-hybridized carbons (Fsp3) is 0.235. The van der Waals surface area contributed by atoms with Crippen molar-refractivity contribution in [1.29, 1.82) is 0 Å². The van der Waals surface area contributed by atoms with Gasteiger partial charge in [-0.3, -0.25) is 0 Å². The lowest BCUT2D eigenvalue weighted by atomic mass is 9.96. The number of esters is 2. The Morgan fingerprint density at radius 2 is 1.05 bits per heavy atom. The van der Waals surface area contributed by atoms with Gasteiger partial charge in [-0.25, -0.2) is 9.59 Å². The third-order valence-electron chi connectivity index (χ3n) is 5.97. The van der Waals surface area contributed by atoms with Crippen LogP contribution in [0.1, 0.15) is 32.3 Å². The van der Waals surface area contributed by atoms with Gasteiger partial charge in [-0.05, 0) is 60.7 Å². The maximum absolute atomic E-state index is 11.9. The molecule has 0 atom stereocenters. The van der Waals surface area contributed by atoms with Gasteiger partial charge in [0.25, 0.3) is 0 Å². The first-order valence-corrected chi connectivity index (χ1v) is 12.9. The van der Waals surface area contributed by atoms with Crippen LogP contribution < -0.4 is 4.74 Å². The summed E-state index contributed by atoms with van der Waals surface area (Å²) in [7, 11) is 0. The van der Waals surface area contributed by atoms with Crippen molar-refractivity contribution in [3.63, 3.8) is 0 Å². The smallest absolute Gasteiger partial charge is 0.333 e. The Morgan fingerprint density at radius 1 is 0.650 bits per heavy atom. The first kappa shape index (κ1) is 30.1. The molecule has 0 aliphatic carbocycles. The zero-order valence-electron chi connectivity index (χ0n) is 23.4. The second-order valence-electron chi connectivity index (χ2n) is 9.75. The molecule has 3 aromatic carbocycles. The molecule has 3 rings (SSSR count). The predicted molar refractivity (Wildman–Crippen MR) is 158 cm³/mol. The van der Waals surface area contributed by atoms with E-state index in [1.54, 1.807) is 13.8 Å². The molecule has 0 bridgehead atoms. The highest BCUT2D eigenvalue weighted by Crippen LogP contribution is 2.28. The van der Waals surface area contributed by atoms with E-state index in [4.69, 9.17) is 18.9 Å². The molecule has 0 aromatic heterocycles. The average Bonchev–Trinajstić information content (AvgIpc) is 2.95. The SMILES string of the molecule is C=C(C)COCOc1ccc(-c2ccc(-c3ccc(C(COC(=O)C(=C)C)COC(=O)C(=C)C)cc3)cc2)cc1. The number of hydrogen-bond donors (Lipinski definition) is 0. The van der Waals surface area contributed by atoms with Crippen LogP contribution in [0.2, 0.25) is 0 Å². The van der Waals surface area contributed by atoms with Crippen molar-refractivity contribution in [2.24, 2.45) is 0 Å². The van der Waals surface area contributed by atoms with Crippen LogP contribution in [0.3, 0.4) is 0 Å². The number of rotatable bonds is 14. The summed E-state index contributed by atoms with van der Waals surface area (Å²) in [6.07, 6.45) is 0. The van der Waals surface area contributed by atoms with Crippen LogP contribution in [0.5, 0.6) is 5.75 Å². The lowest BCUT2D eigenvalue weighted by Crippen LogP contribution is -2.20. The number of carbonyl (C=O) groups excluding carboxylic acids is 2. The zero-order chi connectivity index (χ0) is 29.1. The summed E-state index contributed by atoms with van der Waals surface area (Å²) in [5.74, 6) is -0.553. The van der Waals surface area contributed by atoms with Crippen LogP contribution in [0.15, 0.2) is 109 Å². The second-order valence-corrected chi connectivity index (χ2v) is 9.75. The molecule has 40 heavy (non-hydrogen) atoms. The summed E-state index contributed by atoms with van der Waals surface area (Å²) in [6.45, 7) is 16.9. The minimum atomic E-state index is -0.484. The van der Waals surface area contributed by atoms with Crippen molar-refractivity contribution < 1.29 is 28.5 Å². The van der Waals surface area contributed by atoms with E-state index in [9.17, 15) is 9.59 Å². The maximum Gasteiger partial charge on any atom is 0.333 e. The molecular weight excluding hydrogens is 504 g/mol. The predicted octanol–water partition coefficient (Wildman–Crippen LogP) is 7.27. The lowest BCUT2D eigenvalue weighted by molar-refractivity contribution is -0.142. The molecule has 0 amide bonds. The monoisotopic (exact) mass is 540 g/mol. The molecule has 6 nitrogen and oxygen atoms in total. The molecule has 0 radical (unpaired) electrons. The Balaban J connectivity index is 1.66. The van der Waals surface area contributed by atoms with E-state index in [1.807, 2.05) is 55.5 Å². The van der Waals surface area contributed by atoms with Gasteiger partial charge >= 0.3 is 11.9 Å². The molecule has 208 valence electrons. The molecule has 0 unspecified atom stereocenters. The van der Waals surface area contributed by atoms with Gasteiger partial charge in [0.2, 0.25) is 0 Å². The van der Waals surface area contributed by atoms with Crippen LogP contribution in [-0.4, -0.2) is 38.6 Å². The molecule has 0 aliphatic heterocycles. The van der Waals surface area contributed by atoms with Gasteiger partial charge in [-0.15, -0.1) is 0 Å². The largest absolute Gasteiger partial charge is 0.468 e. The maximum atomic E-state index is 11.9. The third kappa shape index (κ3) is 9.10. The van der Waals surface area contributed by atoms with Gasteiger partial charge in [-0.2, -0.15) is 0 Å². The van der Waals surface area contributed by atoms with E-state index >= 15 is 0 Å². The van der Waals surface area contributed by atoms with E-state index in [1.165, 1.54) is 0 Å². The molecule has 0 aliphatic rings. The molecule has 0 saturated carbocycles. The molecule has 3 aromatic rings. The zero-order valence-corrected chi connectivity index (χ0v) is 23.4. The van der Waals surface area contributed by atoms with Crippen molar-refractivity contribution in [2.75, 3.05) is 26.6 Å². The fourth-order valence-electron chi connectivity index (χ4n) is 3.71. The van der Waals surface area contributed by atoms with E-state index in [0.717, 1.165) is 39.1 Å². The summed E-state index contributed by atoms with van der Waals surface area (Å²) >= 11 is 0. The van der Waals surface area contributed by atoms with E-state index in [2.05, 4.69) is 44.0 Å². The first-order valence-electron chi connectivity index (χ1n) is 12.9. The topological polar surface area (TPSA) is 71.1 Å². The summed E-state index contributed by atoms with van der Waals surface area (Å²) in [5.41, 5.74) is 6.71. The van der Waals surface area contributed by atoms with Gasteiger partial charge in [0, 0.05) is 11.1 Å². The number of benzene rings is 3. The van der Waals surface area contributed by atoms with E-state index in [0.29, 0.717) is 17.8 Å². The van der Waals surface area contributed by atoms with Crippen LogP contribution in [-0.2, 0) is 23.8 Å². The van der Waals surface area contributed by atoms with Gasteiger partial charge in [0.05, 0.1) is 12.5 Å². The highest BCUT2D eigenvalue weighted by atomic mass is 16.7. The minimum absolute atomic E-state index is 0.0640. The highest BCUT2D eigenvalue weighted by molar-refractivity contribution is 5.87. The standard InChI is InChI=1S/C34H36O6/c1-23(2)19-37-22-40-32-17-15-29(16-18-32)28-9-7-26(8-10-28)27-11-13-30(14-12-27)31(20-38-33(35)24(3)4)21-39-34(36)25(5)6/h7-18,31H,1,3,5,19-22H2,2,4,6H3. The molecular formula is C34H36O6. The summed E-state index contributed by atoms with van der Waals surface area (Å²) in [4.78, 5) is 23.9. The first-order chi connectivity index (χ1) is 19.1. The number of hydrogen-bond acceptors (Lipinski definition) is 6. The Kier molecular flexibility index (Phi) is 11.0. The van der Waals surface area contributed by atoms with Gasteiger partial charge < -0.3 is 18.9 Å².